The van der Waals surface area contributed by atoms with E-state index in [9.17, 15) is 10.2 Å². The number of hydrogen-bond donors (Lipinski definition) is 2. The van der Waals surface area contributed by atoms with Crippen molar-refractivity contribution in [3.63, 3.8) is 0 Å². The summed E-state index contributed by atoms with van der Waals surface area (Å²) >= 11 is 0. The zero-order valence-corrected chi connectivity index (χ0v) is 18.6. The number of nitrogens with zero attached hydrogens (tertiary/aromatic N) is 1. The Labute approximate surface area is 176 Å². The summed E-state index contributed by atoms with van der Waals surface area (Å²) in [6.07, 6.45) is 16.6. The van der Waals surface area contributed by atoms with Crippen LogP contribution in [-0.2, 0) is 4.84 Å². The number of hydrogen-bond acceptors (Lipinski definition) is 4. The summed E-state index contributed by atoms with van der Waals surface area (Å²) in [5, 5.41) is 26.3. The van der Waals surface area contributed by atoms with Crippen LogP contribution >= 0.6 is 0 Å². The molecule has 4 aliphatic carbocycles. The van der Waals surface area contributed by atoms with E-state index in [0.29, 0.717) is 35.7 Å². The largest absolute Gasteiger partial charge is 0.396 e. The zero-order chi connectivity index (χ0) is 20.7. The van der Waals surface area contributed by atoms with Crippen molar-refractivity contribution < 1.29 is 15.1 Å². The molecule has 0 saturated heterocycles. The van der Waals surface area contributed by atoms with E-state index < -0.39 is 5.60 Å². The lowest BCUT2D eigenvalue weighted by molar-refractivity contribution is -0.207. The molecule has 0 bridgehead atoms. The van der Waals surface area contributed by atoms with Crippen LogP contribution in [0.15, 0.2) is 17.3 Å². The molecular weight excluding hydrogens is 362 g/mol. The van der Waals surface area contributed by atoms with Crippen LogP contribution in [0.4, 0.5) is 0 Å². The van der Waals surface area contributed by atoms with Crippen LogP contribution < -0.4 is 0 Å². The van der Waals surface area contributed by atoms with E-state index in [1.54, 1.807) is 6.21 Å². The first-order valence-corrected chi connectivity index (χ1v) is 12.1. The third kappa shape index (κ3) is 3.39. The van der Waals surface area contributed by atoms with Gasteiger partial charge in [-0.2, -0.15) is 0 Å². The quantitative estimate of drug-likeness (QED) is 0.382. The molecule has 0 aliphatic heterocycles. The second-order valence-corrected chi connectivity index (χ2v) is 10.9. The highest BCUT2D eigenvalue weighted by atomic mass is 16.6. The minimum absolute atomic E-state index is 0.0415. The fourth-order valence-corrected chi connectivity index (χ4v) is 7.96. The van der Waals surface area contributed by atoms with Gasteiger partial charge in [-0.05, 0) is 99.4 Å². The van der Waals surface area contributed by atoms with E-state index in [2.05, 4.69) is 32.0 Å². The van der Waals surface area contributed by atoms with Gasteiger partial charge in [-0.15, -0.1) is 0 Å². The maximum atomic E-state index is 12.1. The number of allylic oxidation sites excluding steroid dienone is 2. The number of fused-ring (bicyclic) bond motifs is 5. The number of rotatable bonds is 5. The Morgan fingerprint density at radius 2 is 1.86 bits per heavy atom. The normalized spacial score (nSPS) is 49.8. The molecule has 2 N–H and O–H groups in total. The molecule has 0 unspecified atom stereocenters. The van der Waals surface area contributed by atoms with E-state index >= 15 is 0 Å². The third-order valence-corrected chi connectivity index (χ3v) is 9.76. The summed E-state index contributed by atoms with van der Waals surface area (Å²) in [7, 11) is 0. The van der Waals surface area contributed by atoms with Gasteiger partial charge in [0.15, 0.2) is 0 Å². The van der Waals surface area contributed by atoms with Gasteiger partial charge in [-0.1, -0.05) is 32.0 Å². The van der Waals surface area contributed by atoms with E-state index in [4.69, 9.17) is 4.84 Å². The molecule has 4 rings (SSSR count). The van der Waals surface area contributed by atoms with Crippen molar-refractivity contribution in [2.24, 2.45) is 39.7 Å². The highest BCUT2D eigenvalue weighted by molar-refractivity contribution is 5.70. The Balaban J connectivity index is 1.51. The summed E-state index contributed by atoms with van der Waals surface area (Å²) in [5.41, 5.74) is -0.290. The Kier molecular flexibility index (Phi) is 5.89. The standard InChI is InChI=1S/C25H41NO3/c1-4-16-29-26-15-5-6-18-9-14-25(28)22-8-7-19-17-20(27)10-12-23(19,2)21(22)11-13-24(18,25)3/h5-6,15,18-22,27-28H,4,7-14,16-17H2,1-3H3/b6-5+,26-15+/t18-,19+,20-,21-,22+,23-,24+,25-/m0/s1. The highest BCUT2D eigenvalue weighted by Gasteiger charge is 2.66. The Bertz CT molecular complexity index is 648. The van der Waals surface area contributed by atoms with Gasteiger partial charge in [0, 0.05) is 5.41 Å². The first-order chi connectivity index (χ1) is 13.8. The van der Waals surface area contributed by atoms with Crippen LogP contribution in [0.1, 0.15) is 85.0 Å². The predicted molar refractivity (Wildman–Crippen MR) is 117 cm³/mol. The molecule has 8 atom stereocenters. The summed E-state index contributed by atoms with van der Waals surface area (Å²) in [6.45, 7) is 7.55. The maximum absolute atomic E-state index is 12.1. The summed E-state index contributed by atoms with van der Waals surface area (Å²) in [5.74, 6) is 2.07. The average molecular weight is 404 g/mol. The predicted octanol–water partition coefficient (Wildman–Crippen LogP) is 5.09. The van der Waals surface area contributed by atoms with Gasteiger partial charge < -0.3 is 15.1 Å². The van der Waals surface area contributed by atoms with E-state index in [1.165, 1.54) is 12.8 Å². The van der Waals surface area contributed by atoms with Crippen molar-refractivity contribution in [1.82, 2.24) is 0 Å². The second kappa shape index (κ2) is 8.00. The molecule has 0 aromatic heterocycles. The van der Waals surface area contributed by atoms with Crippen molar-refractivity contribution in [3.8, 4) is 0 Å². The third-order valence-electron chi connectivity index (χ3n) is 9.76. The van der Waals surface area contributed by atoms with Crippen molar-refractivity contribution in [3.05, 3.63) is 12.2 Å². The van der Waals surface area contributed by atoms with Gasteiger partial charge in [-0.3, -0.25) is 0 Å². The molecule has 0 radical (unpaired) electrons. The summed E-state index contributed by atoms with van der Waals surface area (Å²) < 4.78 is 0. The molecule has 0 aromatic carbocycles. The molecule has 0 spiro atoms. The molecule has 4 aliphatic rings. The monoisotopic (exact) mass is 403 g/mol. The molecule has 164 valence electrons. The molecule has 0 heterocycles. The molecule has 29 heavy (non-hydrogen) atoms. The van der Waals surface area contributed by atoms with Crippen molar-refractivity contribution in [2.75, 3.05) is 6.61 Å². The van der Waals surface area contributed by atoms with Crippen molar-refractivity contribution in [1.29, 1.82) is 0 Å². The van der Waals surface area contributed by atoms with Crippen LogP contribution in [0.25, 0.3) is 0 Å². The fourth-order valence-electron chi connectivity index (χ4n) is 7.96. The topological polar surface area (TPSA) is 62.0 Å². The van der Waals surface area contributed by atoms with Gasteiger partial charge in [0.25, 0.3) is 0 Å². The lowest BCUT2D eigenvalue weighted by Gasteiger charge is -2.63. The SMILES string of the molecule is CCCO/N=C/C=C/[C@H]1CC[C@]2(O)[C@@H]3CC[C@@H]4C[C@@H](O)CC[C@]4(C)[C@H]3CC[C@]12C. The van der Waals surface area contributed by atoms with Gasteiger partial charge in [0.2, 0.25) is 0 Å². The average Bonchev–Trinajstić information content (AvgIpc) is 2.96. The fraction of sp³-hybridized carbons (Fsp3) is 0.880. The molecule has 4 nitrogen and oxygen atoms in total. The lowest BCUT2D eigenvalue weighted by atomic mass is 9.43. The van der Waals surface area contributed by atoms with Crippen LogP contribution in [0, 0.1) is 34.5 Å². The molecule has 0 aromatic rings. The second-order valence-electron chi connectivity index (χ2n) is 10.9. The maximum Gasteiger partial charge on any atom is 0.116 e. The Morgan fingerprint density at radius 3 is 2.66 bits per heavy atom. The number of aliphatic hydroxyl groups is 2. The lowest BCUT2D eigenvalue weighted by Crippen LogP contribution is -2.62. The van der Waals surface area contributed by atoms with Crippen LogP contribution in [0.2, 0.25) is 0 Å². The van der Waals surface area contributed by atoms with Gasteiger partial charge in [0.05, 0.1) is 17.9 Å². The van der Waals surface area contributed by atoms with Crippen LogP contribution in [0.5, 0.6) is 0 Å². The van der Waals surface area contributed by atoms with Gasteiger partial charge in [-0.25, -0.2) is 0 Å². The van der Waals surface area contributed by atoms with Gasteiger partial charge in [0.1, 0.15) is 6.61 Å². The molecule has 0 amide bonds. The zero-order valence-electron chi connectivity index (χ0n) is 18.6. The Morgan fingerprint density at radius 1 is 1.03 bits per heavy atom. The Hall–Kier alpha value is -0.870. The van der Waals surface area contributed by atoms with Crippen molar-refractivity contribution >= 4 is 6.21 Å². The van der Waals surface area contributed by atoms with Crippen LogP contribution in [0.3, 0.4) is 0 Å². The number of aliphatic hydroxyl groups excluding tert-OH is 1. The minimum Gasteiger partial charge on any atom is -0.396 e. The van der Waals surface area contributed by atoms with E-state index in [0.717, 1.165) is 51.4 Å². The van der Waals surface area contributed by atoms with Crippen molar-refractivity contribution in [2.45, 2.75) is 96.7 Å². The first kappa shape index (κ1) is 21.4. The molecule has 4 heteroatoms. The first-order valence-electron chi connectivity index (χ1n) is 12.1. The molecular formula is C25H41NO3. The minimum atomic E-state index is -0.551. The summed E-state index contributed by atoms with van der Waals surface area (Å²) in [6, 6.07) is 0. The van der Waals surface area contributed by atoms with Crippen LogP contribution in [-0.4, -0.2) is 34.7 Å². The summed E-state index contributed by atoms with van der Waals surface area (Å²) in [4.78, 5) is 5.19. The smallest absolute Gasteiger partial charge is 0.116 e. The van der Waals surface area contributed by atoms with E-state index in [1.807, 2.05) is 6.08 Å². The molecule has 4 fully saturated rings. The number of oxime groups is 1. The van der Waals surface area contributed by atoms with Gasteiger partial charge >= 0.3 is 0 Å². The highest BCUT2D eigenvalue weighted by Crippen LogP contribution is 2.69. The molecule has 4 saturated carbocycles. The van der Waals surface area contributed by atoms with E-state index in [-0.39, 0.29) is 11.5 Å².